The molecular formula is C16H24N2O3. The van der Waals surface area contributed by atoms with E-state index in [4.69, 9.17) is 4.74 Å². The van der Waals surface area contributed by atoms with Gasteiger partial charge in [0.2, 0.25) is 0 Å². The third kappa shape index (κ3) is 3.18. The van der Waals surface area contributed by atoms with Crippen LogP contribution in [0.1, 0.15) is 49.4 Å². The molecule has 1 aliphatic carbocycles. The molecule has 1 aromatic rings. The van der Waals surface area contributed by atoms with Gasteiger partial charge in [0, 0.05) is 18.3 Å². The van der Waals surface area contributed by atoms with E-state index in [2.05, 4.69) is 10.3 Å². The van der Waals surface area contributed by atoms with E-state index in [0.29, 0.717) is 18.8 Å². The summed E-state index contributed by atoms with van der Waals surface area (Å²) in [4.78, 5) is 16.4. The Bertz CT molecular complexity index is 522. The van der Waals surface area contributed by atoms with Gasteiger partial charge < -0.3 is 9.84 Å². The fraction of sp³-hybridized carbons (Fsp3) is 0.625. The average molecular weight is 292 g/mol. The Hall–Kier alpha value is -1.62. The van der Waals surface area contributed by atoms with Gasteiger partial charge in [-0.25, -0.2) is 0 Å². The van der Waals surface area contributed by atoms with E-state index in [1.807, 2.05) is 13.8 Å². The molecule has 0 radical (unpaired) electrons. The Morgan fingerprint density at radius 2 is 2.10 bits per heavy atom. The minimum absolute atomic E-state index is 0.176. The van der Waals surface area contributed by atoms with Crippen LogP contribution in [0.3, 0.4) is 0 Å². The van der Waals surface area contributed by atoms with Crippen molar-refractivity contribution in [3.05, 3.63) is 23.0 Å². The molecule has 116 valence electrons. The minimum atomic E-state index is -0.605. The lowest BCUT2D eigenvalue weighted by atomic mass is 9.96. The van der Waals surface area contributed by atoms with Crippen LogP contribution >= 0.6 is 0 Å². The molecule has 21 heavy (non-hydrogen) atoms. The fourth-order valence-corrected chi connectivity index (χ4v) is 2.92. The van der Waals surface area contributed by atoms with Crippen molar-refractivity contribution >= 4 is 5.97 Å². The summed E-state index contributed by atoms with van der Waals surface area (Å²) in [6.07, 6.45) is 5.36. The predicted octanol–water partition coefficient (Wildman–Crippen LogP) is 2.37. The van der Waals surface area contributed by atoms with Crippen molar-refractivity contribution < 1.29 is 14.6 Å². The van der Waals surface area contributed by atoms with Crippen LogP contribution in [0, 0.1) is 13.8 Å². The van der Waals surface area contributed by atoms with Crippen molar-refractivity contribution in [2.75, 3.05) is 6.61 Å². The smallest absolute Gasteiger partial charge is 0.326 e. The predicted molar refractivity (Wildman–Crippen MR) is 80.0 cm³/mol. The van der Waals surface area contributed by atoms with Crippen LogP contribution in [0.4, 0.5) is 0 Å². The summed E-state index contributed by atoms with van der Waals surface area (Å²) in [5.41, 5.74) is 1.72. The molecule has 0 atom stereocenters. The van der Waals surface area contributed by atoms with E-state index in [9.17, 15) is 9.90 Å². The summed E-state index contributed by atoms with van der Waals surface area (Å²) in [5, 5.41) is 13.5. The minimum Gasteiger partial charge on any atom is -0.506 e. The lowest BCUT2D eigenvalue weighted by molar-refractivity contribution is -0.151. The fourth-order valence-electron chi connectivity index (χ4n) is 2.92. The maximum Gasteiger partial charge on any atom is 0.326 e. The molecule has 0 amide bonds. The van der Waals surface area contributed by atoms with Crippen molar-refractivity contribution in [1.82, 2.24) is 10.3 Å². The van der Waals surface area contributed by atoms with Crippen LogP contribution in [-0.2, 0) is 16.1 Å². The van der Waals surface area contributed by atoms with Gasteiger partial charge in [0.15, 0.2) is 0 Å². The van der Waals surface area contributed by atoms with Gasteiger partial charge in [-0.15, -0.1) is 0 Å². The first-order valence-corrected chi connectivity index (χ1v) is 7.56. The average Bonchev–Trinajstić information content (AvgIpc) is 2.93. The third-order valence-corrected chi connectivity index (χ3v) is 4.28. The van der Waals surface area contributed by atoms with Crippen molar-refractivity contribution in [1.29, 1.82) is 0 Å². The molecule has 0 unspecified atom stereocenters. The van der Waals surface area contributed by atoms with Gasteiger partial charge >= 0.3 is 5.97 Å². The van der Waals surface area contributed by atoms with E-state index in [1.54, 1.807) is 13.1 Å². The number of esters is 1. The van der Waals surface area contributed by atoms with Gasteiger partial charge in [-0.1, -0.05) is 12.8 Å². The molecule has 0 aliphatic heterocycles. The Labute approximate surface area is 125 Å². The normalized spacial score (nSPS) is 16.9. The van der Waals surface area contributed by atoms with E-state index < -0.39 is 5.54 Å². The van der Waals surface area contributed by atoms with Gasteiger partial charge in [0.1, 0.15) is 11.3 Å². The van der Waals surface area contributed by atoms with Crippen LogP contribution in [0.25, 0.3) is 0 Å². The second-order valence-electron chi connectivity index (χ2n) is 5.72. The van der Waals surface area contributed by atoms with Crippen LogP contribution < -0.4 is 5.32 Å². The summed E-state index contributed by atoms with van der Waals surface area (Å²) in [6.45, 7) is 6.34. The van der Waals surface area contributed by atoms with Crippen molar-refractivity contribution in [3.63, 3.8) is 0 Å². The monoisotopic (exact) mass is 292 g/mol. The summed E-state index contributed by atoms with van der Waals surface area (Å²) >= 11 is 0. The molecule has 1 saturated carbocycles. The van der Waals surface area contributed by atoms with Gasteiger partial charge in [0.25, 0.3) is 0 Å². The number of carbonyl (C=O) groups excluding carboxylic acids is 1. The van der Waals surface area contributed by atoms with Crippen molar-refractivity contribution in [2.45, 2.75) is 58.5 Å². The number of rotatable bonds is 5. The molecule has 1 fully saturated rings. The molecular weight excluding hydrogens is 268 g/mol. The highest BCUT2D eigenvalue weighted by Gasteiger charge is 2.42. The molecule has 0 aromatic carbocycles. The number of aryl methyl sites for hydroxylation is 2. The number of aromatic hydroxyl groups is 1. The molecule has 1 heterocycles. The molecule has 5 heteroatoms. The second kappa shape index (κ2) is 6.43. The highest BCUT2D eigenvalue weighted by atomic mass is 16.5. The molecule has 1 aliphatic rings. The first kappa shape index (κ1) is 15.8. The number of carbonyl (C=O) groups is 1. The number of aromatic nitrogens is 1. The number of hydrogen-bond donors (Lipinski definition) is 2. The quantitative estimate of drug-likeness (QED) is 0.815. The summed E-state index contributed by atoms with van der Waals surface area (Å²) in [7, 11) is 0. The van der Waals surface area contributed by atoms with E-state index >= 15 is 0 Å². The maximum atomic E-state index is 12.3. The molecule has 0 saturated heterocycles. The summed E-state index contributed by atoms with van der Waals surface area (Å²) < 4.78 is 5.23. The van der Waals surface area contributed by atoms with Crippen LogP contribution in [0.2, 0.25) is 0 Å². The number of pyridine rings is 1. The van der Waals surface area contributed by atoms with Crippen molar-refractivity contribution in [3.8, 4) is 5.75 Å². The van der Waals surface area contributed by atoms with Gasteiger partial charge in [0.05, 0.1) is 12.3 Å². The number of nitrogens with one attached hydrogen (secondary N) is 1. The zero-order valence-electron chi connectivity index (χ0n) is 13.0. The lowest BCUT2D eigenvalue weighted by Gasteiger charge is -2.28. The molecule has 5 nitrogen and oxygen atoms in total. The van der Waals surface area contributed by atoms with E-state index in [0.717, 1.165) is 36.8 Å². The van der Waals surface area contributed by atoms with Crippen LogP contribution in [-0.4, -0.2) is 28.2 Å². The maximum absolute atomic E-state index is 12.3. The third-order valence-electron chi connectivity index (χ3n) is 4.28. The van der Waals surface area contributed by atoms with E-state index in [1.165, 1.54) is 0 Å². The molecule has 0 spiro atoms. The molecule has 2 rings (SSSR count). The number of hydrogen-bond acceptors (Lipinski definition) is 5. The Morgan fingerprint density at radius 3 is 2.71 bits per heavy atom. The van der Waals surface area contributed by atoms with Gasteiger partial charge in [-0.3, -0.25) is 15.1 Å². The SMILES string of the molecule is CCOC(=O)C1(NCc2c(C)cnc(C)c2O)CCCC1. The van der Waals surface area contributed by atoms with Crippen molar-refractivity contribution in [2.24, 2.45) is 0 Å². The topological polar surface area (TPSA) is 71.5 Å². The van der Waals surface area contributed by atoms with Gasteiger partial charge in [-0.05, 0) is 39.2 Å². The Kier molecular flexibility index (Phi) is 4.83. The highest BCUT2D eigenvalue weighted by molar-refractivity contribution is 5.81. The first-order valence-electron chi connectivity index (χ1n) is 7.56. The number of nitrogens with zero attached hydrogens (tertiary/aromatic N) is 1. The summed E-state index contributed by atoms with van der Waals surface area (Å²) in [5.74, 6) is 0.0323. The first-order chi connectivity index (χ1) is 10.00. The largest absolute Gasteiger partial charge is 0.506 e. The summed E-state index contributed by atoms with van der Waals surface area (Å²) in [6, 6.07) is 0. The second-order valence-corrected chi connectivity index (χ2v) is 5.72. The standard InChI is InChI=1S/C16H24N2O3/c1-4-21-15(20)16(7-5-6-8-16)18-10-13-11(2)9-17-12(3)14(13)19/h9,18-19H,4-8,10H2,1-3H3. The van der Waals surface area contributed by atoms with Gasteiger partial charge in [-0.2, -0.15) is 0 Å². The van der Waals surface area contributed by atoms with Crippen LogP contribution in [0.15, 0.2) is 6.20 Å². The van der Waals surface area contributed by atoms with Crippen LogP contribution in [0.5, 0.6) is 5.75 Å². The molecule has 1 aromatic heterocycles. The molecule has 0 bridgehead atoms. The zero-order chi connectivity index (χ0) is 15.5. The van der Waals surface area contributed by atoms with E-state index in [-0.39, 0.29) is 11.7 Å². The number of ether oxygens (including phenoxy) is 1. The Balaban J connectivity index is 2.17. The zero-order valence-corrected chi connectivity index (χ0v) is 13.0. The molecule has 2 N–H and O–H groups in total. The lowest BCUT2D eigenvalue weighted by Crippen LogP contribution is -2.50. The Morgan fingerprint density at radius 1 is 1.43 bits per heavy atom. The highest BCUT2D eigenvalue weighted by Crippen LogP contribution is 2.32.